The molecule has 1 aliphatic heterocycles. The van der Waals surface area contributed by atoms with E-state index in [0.29, 0.717) is 19.5 Å². The normalized spacial score (nSPS) is 25.4. The summed E-state index contributed by atoms with van der Waals surface area (Å²) in [7, 11) is 1.59. The van der Waals surface area contributed by atoms with Crippen LogP contribution in [-0.2, 0) is 14.3 Å². The van der Waals surface area contributed by atoms with Crippen LogP contribution in [-0.4, -0.2) is 48.9 Å². The number of likely N-dealkylation sites (tertiary alicyclic amines) is 1. The van der Waals surface area contributed by atoms with Gasteiger partial charge in [0, 0.05) is 26.6 Å². The molecule has 1 rings (SSSR count). The molecule has 0 aromatic heterocycles. The van der Waals surface area contributed by atoms with Crippen LogP contribution in [0.1, 0.15) is 13.3 Å². The van der Waals surface area contributed by atoms with Crippen LogP contribution >= 0.6 is 0 Å². The highest BCUT2D eigenvalue weighted by Crippen LogP contribution is 2.08. The molecule has 2 N–H and O–H groups in total. The molecule has 0 bridgehead atoms. The third kappa shape index (κ3) is 2.30. The zero-order valence-corrected chi connectivity index (χ0v) is 8.53. The van der Waals surface area contributed by atoms with Gasteiger partial charge in [0.2, 0.25) is 5.91 Å². The topological polar surface area (TPSA) is 72.6 Å². The number of piperidine rings is 1. The van der Waals surface area contributed by atoms with Crippen molar-refractivity contribution in [3.8, 4) is 0 Å². The van der Waals surface area contributed by atoms with E-state index in [1.807, 2.05) is 6.92 Å². The van der Waals surface area contributed by atoms with Gasteiger partial charge in [-0.2, -0.15) is 0 Å². The minimum Gasteiger partial charge on any atom is -0.380 e. The van der Waals surface area contributed by atoms with Crippen LogP contribution in [0.2, 0.25) is 0 Å². The van der Waals surface area contributed by atoms with E-state index in [4.69, 9.17) is 10.5 Å². The van der Waals surface area contributed by atoms with Crippen molar-refractivity contribution in [1.29, 1.82) is 0 Å². The van der Waals surface area contributed by atoms with Crippen molar-refractivity contribution in [2.45, 2.75) is 25.5 Å². The number of nitrogens with two attached hydrogens (primary N) is 1. The highest BCUT2D eigenvalue weighted by molar-refractivity contribution is 6.07. The lowest BCUT2D eigenvalue weighted by Crippen LogP contribution is -2.55. The zero-order valence-electron chi connectivity index (χ0n) is 8.53. The van der Waals surface area contributed by atoms with Gasteiger partial charge in [0.15, 0.2) is 5.78 Å². The molecular formula is C9H16N2O3. The molecule has 5 heteroatoms. The van der Waals surface area contributed by atoms with Gasteiger partial charge in [0.1, 0.15) is 6.04 Å². The minimum absolute atomic E-state index is 0.0284. The van der Waals surface area contributed by atoms with E-state index in [1.165, 1.54) is 0 Å². The molecule has 5 nitrogen and oxygen atoms in total. The molecule has 2 atom stereocenters. The molecule has 80 valence electrons. The Morgan fingerprint density at radius 3 is 2.86 bits per heavy atom. The SMILES string of the molecule is COC(C)CN1CCC(=O)C(N)C1=O. The molecule has 0 aliphatic carbocycles. The summed E-state index contributed by atoms with van der Waals surface area (Å²) in [6, 6.07) is -0.965. The average molecular weight is 200 g/mol. The van der Waals surface area contributed by atoms with Crippen LogP contribution in [0, 0.1) is 0 Å². The molecule has 1 saturated heterocycles. The summed E-state index contributed by atoms with van der Waals surface area (Å²) in [4.78, 5) is 24.2. The number of rotatable bonds is 3. The Hall–Kier alpha value is -0.940. The van der Waals surface area contributed by atoms with Crippen LogP contribution in [0.5, 0.6) is 0 Å². The van der Waals surface area contributed by atoms with Crippen LogP contribution in [0.3, 0.4) is 0 Å². The number of carbonyl (C=O) groups is 2. The lowest BCUT2D eigenvalue weighted by Gasteiger charge is -2.31. The van der Waals surface area contributed by atoms with Gasteiger partial charge < -0.3 is 15.4 Å². The van der Waals surface area contributed by atoms with Gasteiger partial charge in [-0.1, -0.05) is 0 Å². The van der Waals surface area contributed by atoms with Crippen LogP contribution in [0.15, 0.2) is 0 Å². The number of carbonyl (C=O) groups excluding carboxylic acids is 2. The summed E-state index contributed by atoms with van der Waals surface area (Å²) in [5.74, 6) is -0.457. The predicted octanol–water partition coefficient (Wildman–Crippen LogP) is -0.850. The number of amides is 1. The Labute approximate surface area is 83.2 Å². The van der Waals surface area contributed by atoms with Gasteiger partial charge in [0.05, 0.1) is 6.10 Å². The van der Waals surface area contributed by atoms with E-state index >= 15 is 0 Å². The fourth-order valence-corrected chi connectivity index (χ4v) is 1.41. The maximum atomic E-state index is 11.5. The number of hydrogen-bond acceptors (Lipinski definition) is 4. The highest BCUT2D eigenvalue weighted by Gasteiger charge is 2.32. The van der Waals surface area contributed by atoms with E-state index in [1.54, 1.807) is 12.0 Å². The van der Waals surface area contributed by atoms with Gasteiger partial charge in [-0.15, -0.1) is 0 Å². The van der Waals surface area contributed by atoms with Crippen molar-refractivity contribution < 1.29 is 14.3 Å². The summed E-state index contributed by atoms with van der Waals surface area (Å²) in [5, 5.41) is 0. The Morgan fingerprint density at radius 1 is 1.64 bits per heavy atom. The van der Waals surface area contributed by atoms with Crippen LogP contribution in [0.25, 0.3) is 0 Å². The van der Waals surface area contributed by atoms with Crippen LogP contribution in [0.4, 0.5) is 0 Å². The minimum atomic E-state index is -0.965. The Balaban J connectivity index is 2.55. The first-order chi connectivity index (χ1) is 6.56. The molecular weight excluding hydrogens is 184 g/mol. The fourth-order valence-electron chi connectivity index (χ4n) is 1.41. The van der Waals surface area contributed by atoms with Crippen molar-refractivity contribution in [3.05, 3.63) is 0 Å². The third-order valence-corrected chi connectivity index (χ3v) is 2.43. The van der Waals surface area contributed by atoms with Crippen molar-refractivity contribution in [2.24, 2.45) is 5.73 Å². The standard InChI is InChI=1S/C9H16N2O3/c1-6(14-2)5-11-4-3-7(12)8(10)9(11)13/h6,8H,3-5,10H2,1-2H3. The van der Waals surface area contributed by atoms with Gasteiger partial charge in [-0.3, -0.25) is 9.59 Å². The Kier molecular flexibility index (Phi) is 3.60. The zero-order chi connectivity index (χ0) is 10.7. The number of ether oxygens (including phenoxy) is 1. The predicted molar refractivity (Wildman–Crippen MR) is 50.7 cm³/mol. The van der Waals surface area contributed by atoms with E-state index in [2.05, 4.69) is 0 Å². The van der Waals surface area contributed by atoms with E-state index in [0.717, 1.165) is 0 Å². The lowest BCUT2D eigenvalue weighted by molar-refractivity contribution is -0.142. The summed E-state index contributed by atoms with van der Waals surface area (Å²) in [5.41, 5.74) is 5.45. The summed E-state index contributed by atoms with van der Waals surface area (Å²) in [6.45, 7) is 2.82. The van der Waals surface area contributed by atoms with Crippen molar-refractivity contribution >= 4 is 11.7 Å². The number of nitrogens with zero attached hydrogens (tertiary/aromatic N) is 1. The van der Waals surface area contributed by atoms with Crippen molar-refractivity contribution in [1.82, 2.24) is 4.90 Å². The third-order valence-electron chi connectivity index (χ3n) is 2.43. The van der Waals surface area contributed by atoms with Gasteiger partial charge in [0.25, 0.3) is 0 Å². The molecule has 1 amide bonds. The molecule has 0 saturated carbocycles. The molecule has 0 spiro atoms. The molecule has 2 unspecified atom stereocenters. The summed E-state index contributed by atoms with van der Waals surface area (Å²) >= 11 is 0. The smallest absolute Gasteiger partial charge is 0.247 e. The first kappa shape index (κ1) is 11.1. The van der Waals surface area contributed by atoms with E-state index < -0.39 is 6.04 Å². The first-order valence-corrected chi connectivity index (χ1v) is 4.66. The number of Topliss-reactive ketones (excluding diaryl/α,β-unsaturated/α-hetero) is 1. The highest BCUT2D eigenvalue weighted by atomic mass is 16.5. The lowest BCUT2D eigenvalue weighted by atomic mass is 10.0. The number of methoxy groups -OCH3 is 1. The Bertz CT molecular complexity index is 242. The molecule has 0 radical (unpaired) electrons. The van der Waals surface area contributed by atoms with Crippen molar-refractivity contribution in [3.63, 3.8) is 0 Å². The molecule has 1 aliphatic rings. The molecule has 1 fully saturated rings. The van der Waals surface area contributed by atoms with Gasteiger partial charge in [-0.05, 0) is 6.92 Å². The second kappa shape index (κ2) is 4.52. The molecule has 14 heavy (non-hydrogen) atoms. The van der Waals surface area contributed by atoms with Gasteiger partial charge >= 0.3 is 0 Å². The quantitative estimate of drug-likeness (QED) is 0.602. The Morgan fingerprint density at radius 2 is 2.29 bits per heavy atom. The average Bonchev–Trinajstić information content (AvgIpc) is 2.19. The van der Waals surface area contributed by atoms with Crippen molar-refractivity contribution in [2.75, 3.05) is 20.2 Å². The number of ketones is 1. The molecule has 0 aromatic carbocycles. The summed E-state index contributed by atoms with van der Waals surface area (Å²) < 4.78 is 5.04. The monoisotopic (exact) mass is 200 g/mol. The maximum absolute atomic E-state index is 11.5. The summed E-state index contributed by atoms with van der Waals surface area (Å²) in [6.07, 6.45) is 0.322. The van der Waals surface area contributed by atoms with Gasteiger partial charge in [-0.25, -0.2) is 0 Å². The molecule has 1 heterocycles. The van der Waals surface area contributed by atoms with E-state index in [9.17, 15) is 9.59 Å². The second-order valence-corrected chi connectivity index (χ2v) is 3.52. The number of hydrogen-bond donors (Lipinski definition) is 1. The first-order valence-electron chi connectivity index (χ1n) is 4.66. The van der Waals surface area contributed by atoms with Crippen LogP contribution < -0.4 is 5.73 Å². The molecule has 0 aromatic rings. The van der Waals surface area contributed by atoms with E-state index in [-0.39, 0.29) is 17.8 Å². The second-order valence-electron chi connectivity index (χ2n) is 3.52. The largest absolute Gasteiger partial charge is 0.380 e. The maximum Gasteiger partial charge on any atom is 0.247 e. The fraction of sp³-hybridized carbons (Fsp3) is 0.778.